The number of H-pyrrole nitrogens is 1. The summed E-state index contributed by atoms with van der Waals surface area (Å²) in [6, 6.07) is 3.88. The highest BCUT2D eigenvalue weighted by Crippen LogP contribution is 2.34. The normalized spacial score (nSPS) is 10.6. The molecule has 0 radical (unpaired) electrons. The molecule has 0 spiro atoms. The maximum atomic E-state index is 5.29. The zero-order valence-electron chi connectivity index (χ0n) is 9.25. The van der Waals surface area contributed by atoms with Gasteiger partial charge in [-0.15, -0.1) is 0 Å². The first-order valence-corrected chi connectivity index (χ1v) is 6.84. The number of methoxy groups -OCH3 is 1. The largest absolute Gasteiger partial charge is 0.495 e. The highest BCUT2D eigenvalue weighted by atomic mass is 79.9. The Morgan fingerprint density at radius 1 is 1.29 bits per heavy atom. The van der Waals surface area contributed by atoms with Crippen LogP contribution in [0.5, 0.6) is 5.75 Å². The fourth-order valence-electron chi connectivity index (χ4n) is 1.60. The van der Waals surface area contributed by atoms with Gasteiger partial charge in [0, 0.05) is 22.4 Å². The molecule has 3 nitrogen and oxygen atoms in total. The van der Waals surface area contributed by atoms with Crippen LogP contribution in [0.3, 0.4) is 0 Å². The van der Waals surface area contributed by atoms with Gasteiger partial charge in [0.05, 0.1) is 17.3 Å². The number of hydrogen-bond acceptors (Lipinski definition) is 2. The monoisotopic (exact) mass is 376 g/mol. The molecule has 0 unspecified atom stereocenters. The van der Waals surface area contributed by atoms with Crippen LogP contribution in [-0.2, 0) is 0 Å². The summed E-state index contributed by atoms with van der Waals surface area (Å²) in [5.74, 6) is 0.769. The quantitative estimate of drug-likeness (QED) is 0.787. The molecule has 0 aliphatic carbocycles. The van der Waals surface area contributed by atoms with Crippen LogP contribution in [0.4, 0.5) is 0 Å². The molecule has 17 heavy (non-hydrogen) atoms. The molecule has 1 aromatic carbocycles. The number of nitrogens with one attached hydrogen (secondary N) is 1. The van der Waals surface area contributed by atoms with Gasteiger partial charge >= 0.3 is 0 Å². The third kappa shape index (κ3) is 2.34. The van der Waals surface area contributed by atoms with Crippen molar-refractivity contribution in [2.75, 3.05) is 7.11 Å². The molecular weight excluding hydrogens is 368 g/mol. The minimum atomic E-state index is 0.660. The van der Waals surface area contributed by atoms with Crippen LogP contribution in [0.2, 0.25) is 0 Å². The first kappa shape index (κ1) is 12.9. The van der Waals surface area contributed by atoms with Gasteiger partial charge in [0.15, 0.2) is 4.77 Å². The molecule has 0 aliphatic rings. The summed E-state index contributed by atoms with van der Waals surface area (Å²) in [5, 5.41) is 0. The highest BCUT2D eigenvalue weighted by molar-refractivity contribution is 9.11. The van der Waals surface area contributed by atoms with E-state index in [9.17, 15) is 0 Å². The summed E-state index contributed by atoms with van der Waals surface area (Å²) in [6.07, 6.45) is 1.88. The van der Waals surface area contributed by atoms with Crippen molar-refractivity contribution in [1.82, 2.24) is 9.55 Å². The number of aryl methyl sites for hydroxylation is 1. The third-order valence-corrected chi connectivity index (χ3v) is 3.98. The van der Waals surface area contributed by atoms with Crippen molar-refractivity contribution in [3.63, 3.8) is 0 Å². The van der Waals surface area contributed by atoms with E-state index in [1.165, 1.54) is 0 Å². The van der Waals surface area contributed by atoms with Gasteiger partial charge in [-0.2, -0.15) is 0 Å². The van der Waals surface area contributed by atoms with Crippen LogP contribution in [0, 0.1) is 11.7 Å². The Kier molecular flexibility index (Phi) is 3.75. The lowest BCUT2D eigenvalue weighted by molar-refractivity contribution is 0.412. The van der Waals surface area contributed by atoms with Gasteiger partial charge in [-0.25, -0.2) is 0 Å². The van der Waals surface area contributed by atoms with Crippen molar-refractivity contribution >= 4 is 44.1 Å². The van der Waals surface area contributed by atoms with E-state index in [0.717, 1.165) is 26.1 Å². The number of imidazole rings is 1. The second-order valence-electron chi connectivity index (χ2n) is 3.51. The second-order valence-corrected chi connectivity index (χ2v) is 5.60. The maximum absolute atomic E-state index is 5.29. The van der Waals surface area contributed by atoms with Crippen LogP contribution in [0.25, 0.3) is 5.69 Å². The van der Waals surface area contributed by atoms with E-state index in [1.54, 1.807) is 7.11 Å². The molecule has 2 rings (SSSR count). The van der Waals surface area contributed by atoms with Crippen LogP contribution < -0.4 is 4.74 Å². The number of aromatic nitrogens is 2. The predicted octanol–water partition coefficient (Wildman–Crippen LogP) is 4.38. The Morgan fingerprint density at radius 3 is 2.53 bits per heavy atom. The Labute approximate surface area is 121 Å². The van der Waals surface area contributed by atoms with Crippen LogP contribution in [0.1, 0.15) is 5.69 Å². The minimum absolute atomic E-state index is 0.660. The molecule has 90 valence electrons. The van der Waals surface area contributed by atoms with Gasteiger partial charge in [0.1, 0.15) is 5.75 Å². The van der Waals surface area contributed by atoms with Gasteiger partial charge in [0.25, 0.3) is 0 Å². The first-order valence-electron chi connectivity index (χ1n) is 4.85. The van der Waals surface area contributed by atoms with E-state index >= 15 is 0 Å². The molecule has 0 aliphatic heterocycles. The van der Waals surface area contributed by atoms with Gasteiger partial charge < -0.3 is 9.72 Å². The molecule has 2 aromatic rings. The Hall–Kier alpha value is -0.590. The van der Waals surface area contributed by atoms with Crippen molar-refractivity contribution in [2.45, 2.75) is 6.92 Å². The summed E-state index contributed by atoms with van der Waals surface area (Å²) < 4.78 is 9.75. The lowest BCUT2D eigenvalue weighted by atomic mass is 10.3. The van der Waals surface area contributed by atoms with Crippen LogP contribution >= 0.6 is 44.1 Å². The van der Waals surface area contributed by atoms with Crippen molar-refractivity contribution in [2.24, 2.45) is 0 Å². The standard InChI is InChI=1S/C11H10Br2N2OS/c1-6-5-14-11(17)15(6)9-4-10(16-2)8(13)3-7(9)12/h3-5H,1-2H3,(H,14,17). The Balaban J connectivity index is 2.72. The molecular formula is C11H10Br2N2OS. The highest BCUT2D eigenvalue weighted by Gasteiger charge is 2.11. The van der Waals surface area contributed by atoms with Gasteiger partial charge in [0.2, 0.25) is 0 Å². The second kappa shape index (κ2) is 4.96. The topological polar surface area (TPSA) is 29.9 Å². The molecule has 0 amide bonds. The maximum Gasteiger partial charge on any atom is 0.182 e. The number of benzene rings is 1. The summed E-state index contributed by atoms with van der Waals surface area (Å²) >= 11 is 12.2. The third-order valence-electron chi connectivity index (χ3n) is 2.42. The zero-order valence-corrected chi connectivity index (χ0v) is 13.2. The summed E-state index contributed by atoms with van der Waals surface area (Å²) in [7, 11) is 1.64. The fraction of sp³-hybridized carbons (Fsp3) is 0.182. The van der Waals surface area contributed by atoms with Gasteiger partial charge in [-0.1, -0.05) is 0 Å². The average molecular weight is 378 g/mol. The lowest BCUT2D eigenvalue weighted by Crippen LogP contribution is -1.99. The van der Waals surface area contributed by atoms with Crippen LogP contribution in [0.15, 0.2) is 27.3 Å². The molecule has 0 atom stereocenters. The number of nitrogens with zero attached hydrogens (tertiary/aromatic N) is 1. The fourth-order valence-corrected chi connectivity index (χ4v) is 3.24. The summed E-state index contributed by atoms with van der Waals surface area (Å²) in [4.78, 5) is 3.02. The molecule has 1 aromatic heterocycles. The van der Waals surface area contributed by atoms with Crippen molar-refractivity contribution in [1.29, 1.82) is 0 Å². The zero-order chi connectivity index (χ0) is 12.6. The predicted molar refractivity (Wildman–Crippen MR) is 77.6 cm³/mol. The molecule has 1 heterocycles. The first-order chi connectivity index (χ1) is 8.04. The SMILES string of the molecule is COc1cc(-n2c(C)c[nH]c2=S)c(Br)cc1Br. The Morgan fingerprint density at radius 2 is 2.00 bits per heavy atom. The smallest absolute Gasteiger partial charge is 0.182 e. The van der Waals surface area contributed by atoms with E-state index < -0.39 is 0 Å². The minimum Gasteiger partial charge on any atom is -0.495 e. The number of rotatable bonds is 2. The van der Waals surface area contributed by atoms with Crippen molar-refractivity contribution in [3.8, 4) is 11.4 Å². The summed E-state index contributed by atoms with van der Waals surface area (Å²) in [6.45, 7) is 1.99. The van der Waals surface area contributed by atoms with Crippen LogP contribution in [-0.4, -0.2) is 16.7 Å². The molecule has 0 saturated carbocycles. The van der Waals surface area contributed by atoms with Crippen molar-refractivity contribution in [3.05, 3.63) is 37.7 Å². The van der Waals surface area contributed by atoms with E-state index in [4.69, 9.17) is 17.0 Å². The molecule has 6 heteroatoms. The molecule has 0 saturated heterocycles. The van der Waals surface area contributed by atoms with Gasteiger partial charge in [-0.05, 0) is 57.1 Å². The van der Waals surface area contributed by atoms with E-state index in [0.29, 0.717) is 4.77 Å². The van der Waals surface area contributed by atoms with Crippen molar-refractivity contribution < 1.29 is 4.74 Å². The number of aromatic amines is 1. The Bertz CT molecular complexity index is 618. The number of halogens is 2. The van der Waals surface area contributed by atoms with E-state index in [2.05, 4.69) is 36.8 Å². The molecule has 0 bridgehead atoms. The number of hydrogen-bond donors (Lipinski definition) is 1. The lowest BCUT2D eigenvalue weighted by Gasteiger charge is -2.11. The summed E-state index contributed by atoms with van der Waals surface area (Å²) in [5.41, 5.74) is 1.99. The average Bonchev–Trinajstić information content (AvgIpc) is 2.60. The van der Waals surface area contributed by atoms with E-state index in [1.807, 2.05) is 29.8 Å². The van der Waals surface area contributed by atoms with E-state index in [-0.39, 0.29) is 0 Å². The number of ether oxygens (including phenoxy) is 1. The van der Waals surface area contributed by atoms with Gasteiger partial charge in [-0.3, -0.25) is 4.57 Å². The molecule has 1 N–H and O–H groups in total. The molecule has 0 fully saturated rings.